The molecule has 1 fully saturated rings. The van der Waals surface area contributed by atoms with E-state index < -0.39 is 6.10 Å². The maximum absolute atomic E-state index is 12.8. The largest absolute Gasteiger partial charge is 0.497 e. The average Bonchev–Trinajstić information content (AvgIpc) is 3.52. The molecule has 6 heteroatoms. The Morgan fingerprint density at radius 3 is 2.57 bits per heavy atom. The van der Waals surface area contributed by atoms with Crippen LogP contribution in [0.25, 0.3) is 11.0 Å². The fraction of sp³-hybridized carbons (Fsp3) is 0.458. The second-order valence-corrected chi connectivity index (χ2v) is 8.36. The van der Waals surface area contributed by atoms with E-state index in [0.29, 0.717) is 18.2 Å². The maximum Gasteiger partial charge on any atom is 0.216 e. The van der Waals surface area contributed by atoms with Gasteiger partial charge in [0, 0.05) is 30.8 Å². The van der Waals surface area contributed by atoms with Crippen LogP contribution in [0.5, 0.6) is 11.6 Å². The molecule has 4 rings (SSSR count). The summed E-state index contributed by atoms with van der Waals surface area (Å²) in [6.45, 7) is 5.90. The highest BCUT2D eigenvalue weighted by atomic mass is 16.5. The summed E-state index contributed by atoms with van der Waals surface area (Å²) in [6, 6.07) is 9.76. The van der Waals surface area contributed by atoms with Gasteiger partial charge >= 0.3 is 0 Å². The van der Waals surface area contributed by atoms with Crippen LogP contribution in [0.4, 0.5) is 0 Å². The van der Waals surface area contributed by atoms with Gasteiger partial charge in [0.15, 0.2) is 17.5 Å². The van der Waals surface area contributed by atoms with Crippen molar-refractivity contribution in [1.82, 2.24) is 14.8 Å². The SMILES string of the molecule is COc1ccc([C@H](C)CC(=O)C(C)Oc2cc(C)c3c(C4CC4)nn(C)c3n2)cc1. The first-order valence-corrected chi connectivity index (χ1v) is 10.5. The lowest BCUT2D eigenvalue weighted by Gasteiger charge is -2.17. The summed E-state index contributed by atoms with van der Waals surface area (Å²) in [5.74, 6) is 2.00. The minimum Gasteiger partial charge on any atom is -0.497 e. The molecule has 0 saturated heterocycles. The van der Waals surface area contributed by atoms with Crippen molar-refractivity contribution < 1.29 is 14.3 Å². The van der Waals surface area contributed by atoms with Crippen molar-refractivity contribution in [2.24, 2.45) is 7.05 Å². The third-order valence-corrected chi connectivity index (χ3v) is 5.90. The standard InChI is InChI=1S/C24H29N3O3/c1-14(17-8-10-19(29-5)11-9-17)12-20(28)16(3)30-21-13-15(2)22-23(18-6-7-18)26-27(4)24(22)25-21/h8-11,13-14,16,18H,6-7,12H2,1-5H3/t14-,16?/m1/s1. The number of rotatable bonds is 8. The molecular formula is C24H29N3O3. The summed E-state index contributed by atoms with van der Waals surface area (Å²) in [7, 11) is 3.56. The first-order valence-electron chi connectivity index (χ1n) is 10.5. The molecule has 1 unspecified atom stereocenters. The molecule has 0 amide bonds. The number of hydrogen-bond donors (Lipinski definition) is 0. The number of benzene rings is 1. The van der Waals surface area contributed by atoms with Crippen LogP contribution in [0, 0.1) is 6.92 Å². The van der Waals surface area contributed by atoms with Gasteiger partial charge in [-0.25, -0.2) is 0 Å². The van der Waals surface area contributed by atoms with Crippen LogP contribution >= 0.6 is 0 Å². The van der Waals surface area contributed by atoms with Crippen LogP contribution in [0.2, 0.25) is 0 Å². The van der Waals surface area contributed by atoms with Crippen LogP contribution in [-0.4, -0.2) is 33.8 Å². The Bertz CT molecular complexity index is 1070. The smallest absolute Gasteiger partial charge is 0.216 e. The summed E-state index contributed by atoms with van der Waals surface area (Å²) in [5.41, 5.74) is 4.16. The van der Waals surface area contributed by atoms with E-state index in [1.54, 1.807) is 14.0 Å². The fourth-order valence-corrected chi connectivity index (χ4v) is 3.90. The summed E-state index contributed by atoms with van der Waals surface area (Å²) >= 11 is 0. The number of nitrogens with zero attached hydrogens (tertiary/aromatic N) is 3. The van der Waals surface area contributed by atoms with Crippen molar-refractivity contribution in [2.45, 2.75) is 58.0 Å². The van der Waals surface area contributed by atoms with E-state index in [0.717, 1.165) is 33.6 Å². The molecular weight excluding hydrogens is 378 g/mol. The summed E-state index contributed by atoms with van der Waals surface area (Å²) in [5, 5.41) is 5.80. The van der Waals surface area contributed by atoms with Gasteiger partial charge in [0.25, 0.3) is 0 Å². The Kier molecular flexibility index (Phi) is 5.50. The normalized spacial score (nSPS) is 15.8. The fourth-order valence-electron chi connectivity index (χ4n) is 3.90. The van der Waals surface area contributed by atoms with Gasteiger partial charge < -0.3 is 9.47 Å². The number of aryl methyl sites for hydroxylation is 2. The van der Waals surface area contributed by atoms with Gasteiger partial charge in [0.1, 0.15) is 5.75 Å². The number of carbonyl (C=O) groups is 1. The number of fused-ring (bicyclic) bond motifs is 1. The third-order valence-electron chi connectivity index (χ3n) is 5.90. The second-order valence-electron chi connectivity index (χ2n) is 8.36. The molecule has 1 aliphatic carbocycles. The van der Waals surface area contributed by atoms with Crippen LogP contribution in [0.15, 0.2) is 30.3 Å². The molecule has 30 heavy (non-hydrogen) atoms. The third kappa shape index (κ3) is 4.04. The van der Waals surface area contributed by atoms with Crippen LogP contribution in [0.1, 0.15) is 61.8 Å². The molecule has 1 aliphatic rings. The molecule has 2 aromatic heterocycles. The molecule has 0 bridgehead atoms. The molecule has 3 aromatic rings. The van der Waals surface area contributed by atoms with Gasteiger partial charge in [-0.3, -0.25) is 9.48 Å². The van der Waals surface area contributed by atoms with Crippen molar-refractivity contribution in [1.29, 1.82) is 0 Å². The van der Waals surface area contributed by atoms with Crippen LogP contribution in [-0.2, 0) is 11.8 Å². The molecule has 158 valence electrons. The number of ether oxygens (including phenoxy) is 2. The zero-order chi connectivity index (χ0) is 21.4. The molecule has 2 atom stereocenters. The Labute approximate surface area is 177 Å². The molecule has 1 aromatic carbocycles. The highest BCUT2D eigenvalue weighted by Crippen LogP contribution is 2.43. The van der Waals surface area contributed by atoms with E-state index in [1.165, 1.54) is 12.8 Å². The quantitative estimate of drug-likeness (QED) is 0.542. The minimum absolute atomic E-state index is 0.0570. The van der Waals surface area contributed by atoms with Gasteiger partial charge in [0.05, 0.1) is 12.8 Å². The highest BCUT2D eigenvalue weighted by molar-refractivity contribution is 5.85. The Morgan fingerprint density at radius 2 is 1.93 bits per heavy atom. The zero-order valence-electron chi connectivity index (χ0n) is 18.3. The van der Waals surface area contributed by atoms with E-state index in [-0.39, 0.29) is 11.7 Å². The van der Waals surface area contributed by atoms with E-state index in [1.807, 2.05) is 42.1 Å². The predicted octanol–water partition coefficient (Wildman–Crippen LogP) is 4.69. The first-order chi connectivity index (χ1) is 14.4. The lowest BCUT2D eigenvalue weighted by molar-refractivity contribution is -0.125. The second kappa shape index (κ2) is 8.09. The molecule has 0 N–H and O–H groups in total. The molecule has 1 saturated carbocycles. The first kappa shape index (κ1) is 20.4. The lowest BCUT2D eigenvalue weighted by Crippen LogP contribution is -2.25. The van der Waals surface area contributed by atoms with Crippen molar-refractivity contribution in [3.63, 3.8) is 0 Å². The number of carbonyl (C=O) groups excluding carboxylic acids is 1. The minimum atomic E-state index is -0.564. The Morgan fingerprint density at radius 1 is 1.23 bits per heavy atom. The van der Waals surface area contributed by atoms with Gasteiger partial charge in [-0.2, -0.15) is 10.1 Å². The molecule has 2 heterocycles. The van der Waals surface area contributed by atoms with E-state index in [4.69, 9.17) is 9.47 Å². The molecule has 6 nitrogen and oxygen atoms in total. The number of pyridine rings is 1. The van der Waals surface area contributed by atoms with Crippen molar-refractivity contribution in [3.05, 3.63) is 47.2 Å². The highest BCUT2D eigenvalue weighted by Gasteiger charge is 2.30. The molecule has 0 spiro atoms. The average molecular weight is 408 g/mol. The number of Topliss-reactive ketones (excluding diaryl/α,β-unsaturated/α-hetero) is 1. The summed E-state index contributed by atoms with van der Waals surface area (Å²) < 4.78 is 13.0. The summed E-state index contributed by atoms with van der Waals surface area (Å²) in [6.07, 6.45) is 2.24. The number of ketones is 1. The van der Waals surface area contributed by atoms with Gasteiger partial charge in [0.2, 0.25) is 5.88 Å². The van der Waals surface area contributed by atoms with E-state index in [2.05, 4.69) is 23.9 Å². The summed E-state index contributed by atoms with van der Waals surface area (Å²) in [4.78, 5) is 17.4. The van der Waals surface area contributed by atoms with Crippen molar-refractivity contribution in [3.8, 4) is 11.6 Å². The van der Waals surface area contributed by atoms with Crippen LogP contribution in [0.3, 0.4) is 0 Å². The maximum atomic E-state index is 12.8. The monoisotopic (exact) mass is 407 g/mol. The Balaban J connectivity index is 1.46. The zero-order valence-corrected chi connectivity index (χ0v) is 18.3. The van der Waals surface area contributed by atoms with Gasteiger partial charge in [-0.1, -0.05) is 19.1 Å². The van der Waals surface area contributed by atoms with Crippen molar-refractivity contribution in [2.75, 3.05) is 7.11 Å². The lowest BCUT2D eigenvalue weighted by atomic mass is 9.94. The number of aromatic nitrogens is 3. The van der Waals surface area contributed by atoms with Gasteiger partial charge in [-0.15, -0.1) is 0 Å². The molecule has 0 aliphatic heterocycles. The Hall–Kier alpha value is -2.89. The van der Waals surface area contributed by atoms with E-state index in [9.17, 15) is 4.79 Å². The van der Waals surface area contributed by atoms with E-state index >= 15 is 0 Å². The molecule has 0 radical (unpaired) electrons. The number of hydrogen-bond acceptors (Lipinski definition) is 5. The number of methoxy groups -OCH3 is 1. The topological polar surface area (TPSA) is 66.2 Å². The predicted molar refractivity (Wildman–Crippen MR) is 116 cm³/mol. The van der Waals surface area contributed by atoms with Crippen molar-refractivity contribution >= 4 is 16.8 Å². The van der Waals surface area contributed by atoms with Gasteiger partial charge in [-0.05, 0) is 55.9 Å². The van der Waals surface area contributed by atoms with Crippen LogP contribution < -0.4 is 9.47 Å².